The fourth-order valence-electron chi connectivity index (χ4n) is 5.91. The molecule has 0 bridgehead atoms. The summed E-state index contributed by atoms with van der Waals surface area (Å²) < 4.78 is 5.02. The van der Waals surface area contributed by atoms with Crippen LogP contribution < -0.4 is 10.6 Å². The van der Waals surface area contributed by atoms with Crippen LogP contribution in [0.2, 0.25) is 0 Å². The smallest absolute Gasteiger partial charge is 0.223 e. The molecule has 31 heavy (non-hydrogen) atoms. The summed E-state index contributed by atoms with van der Waals surface area (Å²) in [6.45, 7) is 7.32. The Kier molecular flexibility index (Phi) is 8.16. The zero-order valence-corrected chi connectivity index (χ0v) is 20.0. The molecule has 7 atom stereocenters. The third-order valence-corrected chi connectivity index (χ3v) is 8.72. The minimum Gasteiger partial charge on any atom is -0.392 e. The number of hydrogen-bond acceptors (Lipinski definition) is 5. The van der Waals surface area contributed by atoms with Gasteiger partial charge in [0.25, 0.3) is 0 Å². The summed E-state index contributed by atoms with van der Waals surface area (Å²) in [6.07, 6.45) is 3.60. The normalized spacial score (nSPS) is 33.9. The highest BCUT2D eigenvalue weighted by molar-refractivity contribution is 7.09. The first-order valence-electron chi connectivity index (χ1n) is 11.5. The number of rotatable bonds is 8. The largest absolute Gasteiger partial charge is 0.392 e. The number of carbonyl (C=O) groups is 2. The van der Waals surface area contributed by atoms with Crippen molar-refractivity contribution in [3.63, 3.8) is 0 Å². The SMILES string of the molecule is COCCC(=O)N[C@H]1CC[C@]2(C)CCC([C@H](C)C(=O)NCc3cccs3)[C@H](O)[C@H]2[C@@H]1C. The Morgan fingerprint density at radius 2 is 2.10 bits per heavy atom. The predicted molar refractivity (Wildman–Crippen MR) is 122 cm³/mol. The minimum atomic E-state index is -0.546. The molecule has 1 aromatic heterocycles. The summed E-state index contributed by atoms with van der Waals surface area (Å²) >= 11 is 1.63. The Morgan fingerprint density at radius 3 is 2.77 bits per heavy atom. The fourth-order valence-corrected chi connectivity index (χ4v) is 6.56. The highest BCUT2D eigenvalue weighted by Gasteiger charge is 2.53. The van der Waals surface area contributed by atoms with Gasteiger partial charge in [0, 0.05) is 30.4 Å². The molecule has 0 radical (unpaired) electrons. The number of hydrogen-bond donors (Lipinski definition) is 3. The van der Waals surface area contributed by atoms with E-state index >= 15 is 0 Å². The van der Waals surface area contributed by atoms with Gasteiger partial charge in [-0.1, -0.05) is 26.8 Å². The summed E-state index contributed by atoms with van der Waals surface area (Å²) in [5.41, 5.74) is 0.0518. The van der Waals surface area contributed by atoms with Gasteiger partial charge in [0.1, 0.15) is 0 Å². The standard InChI is InChI=1S/C24H38N2O4S/c1-15(23(29)25-14-17-6-5-13-31-17)18-7-10-24(3)11-8-19(16(2)21(24)22(18)28)26-20(27)9-12-30-4/h5-6,13,15-16,18-19,21-22,28H,7-12,14H2,1-4H3,(H,25,29)(H,26,27)/t15-,16+,18?,19-,21+,22-,24-/m0/s1. The molecule has 3 rings (SSSR count). The van der Waals surface area contributed by atoms with Gasteiger partial charge in [-0.25, -0.2) is 0 Å². The first kappa shape index (κ1) is 24.2. The maximum absolute atomic E-state index is 12.8. The van der Waals surface area contributed by atoms with Gasteiger partial charge >= 0.3 is 0 Å². The maximum atomic E-state index is 12.8. The van der Waals surface area contributed by atoms with E-state index < -0.39 is 6.10 Å². The van der Waals surface area contributed by atoms with Crippen LogP contribution in [0.15, 0.2) is 17.5 Å². The first-order chi connectivity index (χ1) is 14.8. The number of thiophene rings is 1. The van der Waals surface area contributed by atoms with Crippen LogP contribution in [0.25, 0.3) is 0 Å². The van der Waals surface area contributed by atoms with Crippen LogP contribution >= 0.6 is 11.3 Å². The van der Waals surface area contributed by atoms with Gasteiger partial charge in [0.2, 0.25) is 11.8 Å². The molecule has 2 saturated carbocycles. The molecule has 1 unspecified atom stereocenters. The lowest BCUT2D eigenvalue weighted by molar-refractivity contribution is -0.144. The molecule has 0 aliphatic heterocycles. The van der Waals surface area contributed by atoms with Gasteiger partial charge in [-0.15, -0.1) is 11.3 Å². The number of aliphatic hydroxyl groups is 1. The molecular formula is C24H38N2O4S. The third kappa shape index (κ3) is 5.49. The Hall–Kier alpha value is -1.44. The van der Waals surface area contributed by atoms with Crippen LogP contribution in [-0.2, 0) is 20.9 Å². The topological polar surface area (TPSA) is 87.7 Å². The van der Waals surface area contributed by atoms with Crippen LogP contribution in [0.4, 0.5) is 0 Å². The van der Waals surface area contributed by atoms with Gasteiger partial charge in [-0.05, 0) is 60.3 Å². The lowest BCUT2D eigenvalue weighted by Crippen LogP contribution is -2.58. The van der Waals surface area contributed by atoms with Gasteiger partial charge < -0.3 is 20.5 Å². The van der Waals surface area contributed by atoms with E-state index in [-0.39, 0.29) is 46.9 Å². The Balaban J connectivity index is 1.64. The molecule has 2 fully saturated rings. The van der Waals surface area contributed by atoms with Crippen molar-refractivity contribution in [2.75, 3.05) is 13.7 Å². The summed E-state index contributed by atoms with van der Waals surface area (Å²) in [6, 6.07) is 4.05. The van der Waals surface area contributed by atoms with Gasteiger partial charge in [-0.3, -0.25) is 9.59 Å². The van der Waals surface area contributed by atoms with Crippen LogP contribution in [0, 0.1) is 29.1 Å². The van der Waals surface area contributed by atoms with Crippen molar-refractivity contribution in [2.45, 2.75) is 71.6 Å². The summed E-state index contributed by atoms with van der Waals surface area (Å²) in [5.74, 6) is -0.0701. The van der Waals surface area contributed by atoms with Crippen molar-refractivity contribution >= 4 is 23.2 Å². The lowest BCUT2D eigenvalue weighted by Gasteiger charge is -2.56. The van der Waals surface area contributed by atoms with E-state index in [0.29, 0.717) is 19.6 Å². The number of aliphatic hydroxyl groups excluding tert-OH is 1. The number of carbonyl (C=O) groups excluding carboxylic acids is 2. The lowest BCUT2D eigenvalue weighted by atomic mass is 9.51. The van der Waals surface area contributed by atoms with Crippen LogP contribution in [0.5, 0.6) is 0 Å². The number of methoxy groups -OCH3 is 1. The maximum Gasteiger partial charge on any atom is 0.223 e. The van der Waals surface area contributed by atoms with E-state index in [1.54, 1.807) is 18.4 Å². The molecule has 6 nitrogen and oxygen atoms in total. The summed E-state index contributed by atoms with van der Waals surface area (Å²) in [7, 11) is 1.60. The molecule has 2 aliphatic carbocycles. The van der Waals surface area contributed by atoms with E-state index in [4.69, 9.17) is 4.74 Å². The van der Waals surface area contributed by atoms with E-state index in [9.17, 15) is 14.7 Å². The molecule has 2 amide bonds. The predicted octanol–water partition coefficient (Wildman–Crippen LogP) is 3.35. The highest BCUT2D eigenvalue weighted by atomic mass is 32.1. The minimum absolute atomic E-state index is 0.00507. The molecule has 174 valence electrons. The number of nitrogens with one attached hydrogen (secondary N) is 2. The van der Waals surface area contributed by atoms with Crippen molar-refractivity contribution in [3.8, 4) is 0 Å². The van der Waals surface area contributed by atoms with E-state index in [1.807, 2.05) is 24.4 Å². The summed E-state index contributed by atoms with van der Waals surface area (Å²) in [4.78, 5) is 26.2. The average Bonchev–Trinajstić information content (AvgIpc) is 3.26. The molecule has 1 heterocycles. The van der Waals surface area contributed by atoms with Crippen LogP contribution in [0.1, 0.15) is 57.8 Å². The van der Waals surface area contributed by atoms with Crippen molar-refractivity contribution in [1.82, 2.24) is 10.6 Å². The Morgan fingerprint density at radius 1 is 1.35 bits per heavy atom. The summed E-state index contributed by atoms with van der Waals surface area (Å²) in [5, 5.41) is 19.7. The van der Waals surface area contributed by atoms with Gasteiger partial charge in [0.15, 0.2) is 0 Å². The van der Waals surface area contributed by atoms with Crippen LogP contribution in [0.3, 0.4) is 0 Å². The highest BCUT2D eigenvalue weighted by Crippen LogP contribution is 2.55. The second kappa shape index (κ2) is 10.5. The second-order valence-corrected chi connectivity index (χ2v) is 10.8. The van der Waals surface area contributed by atoms with Gasteiger partial charge in [-0.2, -0.15) is 0 Å². The number of fused-ring (bicyclic) bond motifs is 1. The molecule has 2 aliphatic rings. The van der Waals surface area contributed by atoms with Crippen molar-refractivity contribution in [1.29, 1.82) is 0 Å². The number of amides is 2. The fraction of sp³-hybridized carbons (Fsp3) is 0.750. The van der Waals surface area contributed by atoms with Crippen molar-refractivity contribution < 1.29 is 19.4 Å². The quantitative estimate of drug-likeness (QED) is 0.567. The molecule has 0 saturated heterocycles. The third-order valence-electron chi connectivity index (χ3n) is 7.84. The molecule has 7 heteroatoms. The Labute approximate surface area is 190 Å². The molecule has 0 aromatic carbocycles. The van der Waals surface area contributed by atoms with Crippen molar-refractivity contribution in [2.24, 2.45) is 29.1 Å². The molecule has 3 N–H and O–H groups in total. The van der Waals surface area contributed by atoms with E-state index in [2.05, 4.69) is 24.5 Å². The monoisotopic (exact) mass is 450 g/mol. The number of ether oxygens (including phenoxy) is 1. The van der Waals surface area contributed by atoms with Crippen molar-refractivity contribution in [3.05, 3.63) is 22.4 Å². The second-order valence-electron chi connectivity index (χ2n) is 9.77. The zero-order chi connectivity index (χ0) is 22.6. The Bertz CT molecular complexity index is 740. The van der Waals surface area contributed by atoms with Gasteiger partial charge in [0.05, 0.1) is 19.3 Å². The van der Waals surface area contributed by atoms with E-state index in [0.717, 1.165) is 30.6 Å². The average molecular weight is 451 g/mol. The van der Waals surface area contributed by atoms with Crippen LogP contribution in [-0.4, -0.2) is 42.8 Å². The molecule has 1 aromatic rings. The molecular weight excluding hydrogens is 412 g/mol. The molecule has 0 spiro atoms. The van der Waals surface area contributed by atoms with E-state index in [1.165, 1.54) is 0 Å². The zero-order valence-electron chi connectivity index (χ0n) is 19.2. The first-order valence-corrected chi connectivity index (χ1v) is 12.4.